The van der Waals surface area contributed by atoms with E-state index in [1.807, 2.05) is 0 Å². The highest BCUT2D eigenvalue weighted by molar-refractivity contribution is 7.80. The van der Waals surface area contributed by atoms with Crippen LogP contribution in [0.25, 0.3) is 0 Å². The molecule has 4 N–H and O–H groups in total. The highest BCUT2D eigenvalue weighted by Crippen LogP contribution is 2.27. The van der Waals surface area contributed by atoms with Crippen molar-refractivity contribution >= 4 is 30.5 Å². The average Bonchev–Trinajstić information content (AvgIpc) is 2.75. The molecule has 1 aromatic rings. The van der Waals surface area contributed by atoms with E-state index in [1.165, 1.54) is 11.0 Å². The second-order valence-corrected chi connectivity index (χ2v) is 9.45. The lowest BCUT2D eigenvalue weighted by Crippen LogP contribution is -2.54. The fourth-order valence-electron chi connectivity index (χ4n) is 3.31. The smallest absolute Gasteiger partial charge is 0.408 e. The molecule has 1 rings (SSSR count). The number of amides is 3. The molecule has 0 heterocycles. The highest BCUT2D eigenvalue weighted by Gasteiger charge is 2.35. The van der Waals surface area contributed by atoms with Gasteiger partial charge < -0.3 is 30.5 Å². The van der Waals surface area contributed by atoms with Crippen molar-refractivity contribution in [3.63, 3.8) is 0 Å². The quantitative estimate of drug-likeness (QED) is 0.223. The Kier molecular flexibility index (Phi) is 12.2. The van der Waals surface area contributed by atoms with E-state index in [0.717, 1.165) is 19.3 Å². The zero-order valence-electron chi connectivity index (χ0n) is 20.8. The van der Waals surface area contributed by atoms with Crippen molar-refractivity contribution in [3.8, 4) is 5.75 Å². The Labute approximate surface area is 207 Å². The summed E-state index contributed by atoms with van der Waals surface area (Å²) in [6, 6.07) is 2.48. The number of nitrogens with one attached hydrogen (secondary N) is 2. The number of phenolic OH excluding ortho intramolecular Hbond substituents is 1. The van der Waals surface area contributed by atoms with E-state index in [9.17, 15) is 24.6 Å². The monoisotopic (exact) mass is 497 g/mol. The third kappa shape index (κ3) is 9.42. The van der Waals surface area contributed by atoms with Gasteiger partial charge in [-0.05, 0) is 57.4 Å². The SMILES string of the molecule is CCCCCNC(=O)C(c1ccc(O)c(C)c1)N(CCO)C(=O)C(CS)NC(=O)OC(C)(C)C. The van der Waals surface area contributed by atoms with Crippen LogP contribution in [-0.2, 0) is 14.3 Å². The number of aryl methyl sites for hydroxylation is 1. The van der Waals surface area contributed by atoms with E-state index in [4.69, 9.17) is 4.74 Å². The van der Waals surface area contributed by atoms with E-state index in [-0.39, 0.29) is 18.0 Å². The summed E-state index contributed by atoms with van der Waals surface area (Å²) in [5, 5.41) is 25.0. The first-order valence-electron chi connectivity index (χ1n) is 11.5. The third-order valence-electron chi connectivity index (χ3n) is 4.97. The standard InChI is InChI=1S/C24H39N3O6S/c1-6-7-8-11-25-21(30)20(17-9-10-19(29)16(2)14-17)27(12-13-28)22(31)18(15-34)26-23(32)33-24(3,4)5/h9-10,14,18,20,28-29,34H,6-8,11-13,15H2,1-5H3,(H,25,30)(H,26,32). The first kappa shape index (κ1) is 29.6. The highest BCUT2D eigenvalue weighted by atomic mass is 32.1. The number of thiol groups is 1. The van der Waals surface area contributed by atoms with Crippen molar-refractivity contribution in [2.45, 2.75) is 71.6 Å². The molecule has 0 aromatic heterocycles. The number of hydrogen-bond donors (Lipinski definition) is 5. The number of unbranched alkanes of at least 4 members (excludes halogenated alkanes) is 2. The fourth-order valence-corrected chi connectivity index (χ4v) is 3.56. The fraction of sp³-hybridized carbons (Fsp3) is 0.625. The molecule has 1 aromatic carbocycles. The molecule has 0 fully saturated rings. The van der Waals surface area contributed by atoms with E-state index in [0.29, 0.717) is 17.7 Å². The van der Waals surface area contributed by atoms with Gasteiger partial charge in [-0.15, -0.1) is 0 Å². The van der Waals surface area contributed by atoms with Crippen molar-refractivity contribution in [1.82, 2.24) is 15.5 Å². The summed E-state index contributed by atoms with van der Waals surface area (Å²) in [6.07, 6.45) is 1.94. The first-order chi connectivity index (χ1) is 15.9. The van der Waals surface area contributed by atoms with Crippen LogP contribution in [0.2, 0.25) is 0 Å². The molecule has 34 heavy (non-hydrogen) atoms. The van der Waals surface area contributed by atoms with Gasteiger partial charge in [-0.3, -0.25) is 9.59 Å². The van der Waals surface area contributed by atoms with Crippen LogP contribution in [0.4, 0.5) is 4.79 Å². The molecule has 0 bridgehead atoms. The van der Waals surface area contributed by atoms with Crippen LogP contribution >= 0.6 is 12.6 Å². The molecular formula is C24H39N3O6S. The maximum absolute atomic E-state index is 13.5. The van der Waals surface area contributed by atoms with Crippen molar-refractivity contribution in [2.75, 3.05) is 25.4 Å². The summed E-state index contributed by atoms with van der Waals surface area (Å²) in [5.41, 5.74) is 0.249. The molecule has 0 radical (unpaired) electrons. The van der Waals surface area contributed by atoms with E-state index in [1.54, 1.807) is 39.8 Å². The second-order valence-electron chi connectivity index (χ2n) is 9.08. The number of rotatable bonds is 12. The van der Waals surface area contributed by atoms with Gasteiger partial charge >= 0.3 is 6.09 Å². The number of aliphatic hydroxyl groups excluding tert-OH is 1. The van der Waals surface area contributed by atoms with Crippen LogP contribution < -0.4 is 10.6 Å². The molecule has 0 saturated heterocycles. The molecule has 10 heteroatoms. The Morgan fingerprint density at radius 3 is 2.41 bits per heavy atom. The summed E-state index contributed by atoms with van der Waals surface area (Å²) in [5.74, 6) is -0.988. The number of hydrogen-bond acceptors (Lipinski definition) is 7. The minimum absolute atomic E-state index is 0.0422. The van der Waals surface area contributed by atoms with Gasteiger partial charge in [-0.25, -0.2) is 4.79 Å². The number of aliphatic hydroxyl groups is 1. The zero-order chi connectivity index (χ0) is 25.9. The second kappa shape index (κ2) is 14.1. The van der Waals surface area contributed by atoms with Crippen molar-refractivity contribution in [2.24, 2.45) is 0 Å². The Bertz CT molecular complexity index is 827. The van der Waals surface area contributed by atoms with Gasteiger partial charge in [0.2, 0.25) is 11.8 Å². The van der Waals surface area contributed by atoms with Crippen molar-refractivity contribution < 1.29 is 29.3 Å². The maximum atomic E-state index is 13.5. The van der Waals surface area contributed by atoms with Gasteiger partial charge in [-0.2, -0.15) is 12.6 Å². The lowest BCUT2D eigenvalue weighted by atomic mass is 10.0. The largest absolute Gasteiger partial charge is 0.508 e. The van der Waals surface area contributed by atoms with Gasteiger partial charge in [-0.1, -0.05) is 25.8 Å². The molecular weight excluding hydrogens is 458 g/mol. The third-order valence-corrected chi connectivity index (χ3v) is 5.34. The van der Waals surface area contributed by atoms with E-state index >= 15 is 0 Å². The zero-order valence-corrected chi connectivity index (χ0v) is 21.7. The van der Waals surface area contributed by atoms with Crippen LogP contribution in [0.1, 0.15) is 64.1 Å². The normalized spacial score (nSPS) is 13.0. The number of carbonyl (C=O) groups excluding carboxylic acids is 3. The molecule has 2 unspecified atom stereocenters. The lowest BCUT2D eigenvalue weighted by molar-refractivity contribution is -0.142. The first-order valence-corrected chi connectivity index (χ1v) is 12.2. The van der Waals surface area contributed by atoms with Gasteiger partial charge in [0.05, 0.1) is 6.61 Å². The summed E-state index contributed by atoms with van der Waals surface area (Å²) < 4.78 is 5.25. The van der Waals surface area contributed by atoms with Crippen molar-refractivity contribution in [3.05, 3.63) is 29.3 Å². The van der Waals surface area contributed by atoms with Crippen molar-refractivity contribution in [1.29, 1.82) is 0 Å². The molecule has 3 amide bonds. The Balaban J connectivity index is 3.29. The maximum Gasteiger partial charge on any atom is 0.408 e. The van der Waals surface area contributed by atoms with Gasteiger partial charge in [0.15, 0.2) is 0 Å². The summed E-state index contributed by atoms with van der Waals surface area (Å²) >= 11 is 4.21. The topological polar surface area (TPSA) is 128 Å². The molecule has 0 saturated carbocycles. The van der Waals surface area contributed by atoms with Gasteiger partial charge in [0.1, 0.15) is 23.4 Å². The molecule has 0 spiro atoms. The summed E-state index contributed by atoms with van der Waals surface area (Å²) in [6.45, 7) is 8.75. The number of aromatic hydroxyl groups is 1. The molecule has 9 nitrogen and oxygen atoms in total. The number of ether oxygens (including phenoxy) is 1. The van der Waals surface area contributed by atoms with Crippen LogP contribution in [-0.4, -0.2) is 70.1 Å². The average molecular weight is 498 g/mol. The predicted molar refractivity (Wildman–Crippen MR) is 134 cm³/mol. The van der Waals surface area contributed by atoms with E-state index < -0.39 is 42.2 Å². The Morgan fingerprint density at radius 2 is 1.88 bits per heavy atom. The predicted octanol–water partition coefficient (Wildman–Crippen LogP) is 2.69. The summed E-state index contributed by atoms with van der Waals surface area (Å²) in [7, 11) is 0. The molecule has 0 aliphatic heterocycles. The van der Waals surface area contributed by atoms with Crippen LogP contribution in [0.5, 0.6) is 5.75 Å². The minimum atomic E-state index is -1.08. The van der Waals surface area contributed by atoms with E-state index in [2.05, 4.69) is 30.2 Å². The lowest BCUT2D eigenvalue weighted by Gasteiger charge is -2.34. The van der Waals surface area contributed by atoms with Crippen LogP contribution in [0.15, 0.2) is 18.2 Å². The van der Waals surface area contributed by atoms with Crippen LogP contribution in [0.3, 0.4) is 0 Å². The Hall–Kier alpha value is -2.46. The minimum Gasteiger partial charge on any atom is -0.508 e. The number of benzene rings is 1. The van der Waals surface area contributed by atoms with Crippen LogP contribution in [0, 0.1) is 6.92 Å². The van der Waals surface area contributed by atoms with Gasteiger partial charge in [0, 0.05) is 18.8 Å². The number of alkyl carbamates (subject to hydrolysis) is 1. The Morgan fingerprint density at radius 1 is 1.21 bits per heavy atom. The molecule has 192 valence electrons. The van der Waals surface area contributed by atoms with Gasteiger partial charge in [0.25, 0.3) is 0 Å². The molecule has 0 aliphatic rings. The molecule has 0 aliphatic carbocycles. The number of phenols is 1. The number of nitrogens with zero attached hydrogens (tertiary/aromatic N) is 1. The number of carbonyl (C=O) groups is 3. The summed E-state index contributed by atoms with van der Waals surface area (Å²) in [4.78, 5) is 40.2. The molecule has 2 atom stereocenters.